The van der Waals surface area contributed by atoms with E-state index in [1.807, 2.05) is 28.5 Å². The molecular formula is C19H25N5O2. The third kappa shape index (κ3) is 3.37. The molecule has 1 aromatic carbocycles. The van der Waals surface area contributed by atoms with Gasteiger partial charge in [0.1, 0.15) is 11.8 Å². The van der Waals surface area contributed by atoms with Crippen LogP contribution in [0.3, 0.4) is 0 Å². The first kappa shape index (κ1) is 17.2. The highest BCUT2D eigenvalue weighted by Gasteiger charge is 2.22. The Morgan fingerprint density at radius 3 is 2.88 bits per heavy atom. The Balaban J connectivity index is 1.73. The summed E-state index contributed by atoms with van der Waals surface area (Å²) in [6.45, 7) is 4.68. The highest BCUT2D eigenvalue weighted by molar-refractivity contribution is 5.91. The molecule has 1 aliphatic heterocycles. The molecule has 3 aromatic rings. The second kappa shape index (κ2) is 7.55. The predicted molar refractivity (Wildman–Crippen MR) is 98.9 cm³/mol. The summed E-state index contributed by atoms with van der Waals surface area (Å²) >= 11 is 0. The molecule has 0 bridgehead atoms. The molecule has 26 heavy (non-hydrogen) atoms. The van der Waals surface area contributed by atoms with Crippen LogP contribution in [0.1, 0.15) is 25.6 Å². The molecule has 0 aliphatic carbocycles. The number of benzene rings is 1. The van der Waals surface area contributed by atoms with Gasteiger partial charge in [-0.3, -0.25) is 4.68 Å². The number of hydrogen-bond acceptors (Lipinski definition) is 5. The van der Waals surface area contributed by atoms with E-state index in [1.165, 1.54) is 0 Å². The van der Waals surface area contributed by atoms with Crippen LogP contribution in [-0.2, 0) is 29.5 Å². The maximum Gasteiger partial charge on any atom is 0.179 e. The average Bonchev–Trinajstić information content (AvgIpc) is 3.22. The summed E-state index contributed by atoms with van der Waals surface area (Å²) < 4.78 is 15.2. The average molecular weight is 355 g/mol. The van der Waals surface area contributed by atoms with Gasteiger partial charge in [-0.05, 0) is 12.5 Å². The van der Waals surface area contributed by atoms with Crippen molar-refractivity contribution >= 4 is 10.9 Å². The van der Waals surface area contributed by atoms with Crippen LogP contribution in [0, 0.1) is 0 Å². The largest absolute Gasteiger partial charge is 0.376 e. The first-order chi connectivity index (χ1) is 12.8. The summed E-state index contributed by atoms with van der Waals surface area (Å²) in [7, 11) is 1.96. The molecule has 1 fully saturated rings. The van der Waals surface area contributed by atoms with Crippen molar-refractivity contribution in [2.75, 3.05) is 19.8 Å². The van der Waals surface area contributed by atoms with Crippen molar-refractivity contribution in [3.8, 4) is 11.5 Å². The Kier molecular flexibility index (Phi) is 4.99. The predicted octanol–water partition coefficient (Wildman–Crippen LogP) is 2.59. The topological polar surface area (TPSA) is 67.0 Å². The van der Waals surface area contributed by atoms with Gasteiger partial charge in [0.25, 0.3) is 0 Å². The summed E-state index contributed by atoms with van der Waals surface area (Å²) in [6, 6.07) is 8.22. The van der Waals surface area contributed by atoms with Gasteiger partial charge in [0.15, 0.2) is 11.6 Å². The van der Waals surface area contributed by atoms with Crippen molar-refractivity contribution in [1.29, 1.82) is 0 Å². The van der Waals surface area contributed by atoms with Gasteiger partial charge in [0.2, 0.25) is 0 Å². The maximum atomic E-state index is 5.82. The zero-order chi connectivity index (χ0) is 17.9. The van der Waals surface area contributed by atoms with Gasteiger partial charge in [0, 0.05) is 18.9 Å². The lowest BCUT2D eigenvalue weighted by Crippen LogP contribution is -2.32. The van der Waals surface area contributed by atoms with Gasteiger partial charge in [0.05, 0.1) is 31.9 Å². The zero-order valence-electron chi connectivity index (χ0n) is 15.4. The first-order valence-electron chi connectivity index (χ1n) is 9.31. The first-order valence-corrected chi connectivity index (χ1v) is 9.31. The molecule has 0 saturated carbocycles. The van der Waals surface area contributed by atoms with Gasteiger partial charge in [-0.15, -0.1) is 0 Å². The summed E-state index contributed by atoms with van der Waals surface area (Å²) in [5.41, 5.74) is 1.96. The molecule has 1 aliphatic rings. The van der Waals surface area contributed by atoms with Crippen LogP contribution < -0.4 is 0 Å². The van der Waals surface area contributed by atoms with E-state index in [0.29, 0.717) is 26.4 Å². The molecular weight excluding hydrogens is 330 g/mol. The summed E-state index contributed by atoms with van der Waals surface area (Å²) in [5, 5.41) is 10.6. The fourth-order valence-corrected chi connectivity index (χ4v) is 3.35. The van der Waals surface area contributed by atoms with Crippen LogP contribution in [0.5, 0.6) is 0 Å². The molecule has 0 unspecified atom stereocenters. The third-order valence-corrected chi connectivity index (χ3v) is 4.70. The SMILES string of the molecule is CCCCc1nc(-c2nn(C)c3ccccc23)n(C[C@@H]2COCCO2)n1. The Morgan fingerprint density at radius 1 is 1.19 bits per heavy atom. The third-order valence-electron chi connectivity index (χ3n) is 4.70. The normalized spacial score (nSPS) is 17.8. The Morgan fingerprint density at radius 2 is 2.08 bits per heavy atom. The summed E-state index contributed by atoms with van der Waals surface area (Å²) in [5.74, 6) is 1.68. The molecule has 0 amide bonds. The fourth-order valence-electron chi connectivity index (χ4n) is 3.35. The number of rotatable bonds is 6. The number of ether oxygens (including phenoxy) is 2. The highest BCUT2D eigenvalue weighted by atomic mass is 16.6. The zero-order valence-corrected chi connectivity index (χ0v) is 15.4. The molecule has 7 heteroatoms. The number of aryl methyl sites for hydroxylation is 2. The molecule has 138 valence electrons. The minimum absolute atomic E-state index is 0.00167. The van der Waals surface area contributed by atoms with Crippen molar-refractivity contribution in [3.63, 3.8) is 0 Å². The monoisotopic (exact) mass is 355 g/mol. The van der Waals surface area contributed by atoms with Crippen molar-refractivity contribution in [2.24, 2.45) is 7.05 Å². The number of hydrogen-bond donors (Lipinski definition) is 0. The maximum absolute atomic E-state index is 5.82. The molecule has 1 atom stereocenters. The Labute approximate surface area is 152 Å². The van der Waals surface area contributed by atoms with Crippen LogP contribution in [0.25, 0.3) is 22.4 Å². The molecule has 3 heterocycles. The number of para-hydroxylation sites is 1. The lowest BCUT2D eigenvalue weighted by atomic mass is 10.2. The number of nitrogens with zero attached hydrogens (tertiary/aromatic N) is 5. The van der Waals surface area contributed by atoms with E-state index in [2.05, 4.69) is 19.1 Å². The van der Waals surface area contributed by atoms with E-state index in [4.69, 9.17) is 24.7 Å². The van der Waals surface area contributed by atoms with E-state index < -0.39 is 0 Å². The van der Waals surface area contributed by atoms with Gasteiger partial charge < -0.3 is 9.47 Å². The molecule has 7 nitrogen and oxygen atoms in total. The second-order valence-corrected chi connectivity index (χ2v) is 6.69. The minimum Gasteiger partial charge on any atom is -0.376 e. The molecule has 0 spiro atoms. The molecule has 2 aromatic heterocycles. The van der Waals surface area contributed by atoms with Gasteiger partial charge >= 0.3 is 0 Å². The number of fused-ring (bicyclic) bond motifs is 1. The van der Waals surface area contributed by atoms with E-state index in [0.717, 1.165) is 47.5 Å². The van der Waals surface area contributed by atoms with Crippen LogP contribution in [0.15, 0.2) is 24.3 Å². The highest BCUT2D eigenvalue weighted by Crippen LogP contribution is 2.27. The van der Waals surface area contributed by atoms with E-state index in [1.54, 1.807) is 0 Å². The molecule has 0 radical (unpaired) electrons. The van der Waals surface area contributed by atoms with Crippen molar-refractivity contribution in [3.05, 3.63) is 30.1 Å². The van der Waals surface area contributed by atoms with Crippen LogP contribution in [0.2, 0.25) is 0 Å². The van der Waals surface area contributed by atoms with Crippen LogP contribution >= 0.6 is 0 Å². The standard InChI is InChI=1S/C19H25N5O2/c1-3-4-9-17-20-19(24(21-17)12-14-13-25-10-11-26-14)18-15-7-5-6-8-16(15)23(2)22-18/h5-8,14H,3-4,9-13H2,1-2H3/t14-/m1/s1. The van der Waals surface area contributed by atoms with Gasteiger partial charge in [-0.25, -0.2) is 9.67 Å². The number of aromatic nitrogens is 5. The van der Waals surface area contributed by atoms with Gasteiger partial charge in [-0.2, -0.15) is 10.2 Å². The fraction of sp³-hybridized carbons (Fsp3) is 0.526. The van der Waals surface area contributed by atoms with Crippen molar-refractivity contribution in [2.45, 2.75) is 38.8 Å². The van der Waals surface area contributed by atoms with Crippen molar-refractivity contribution in [1.82, 2.24) is 24.5 Å². The van der Waals surface area contributed by atoms with Crippen LogP contribution in [-0.4, -0.2) is 50.5 Å². The molecule has 4 rings (SSSR count). The van der Waals surface area contributed by atoms with E-state index in [9.17, 15) is 0 Å². The smallest absolute Gasteiger partial charge is 0.179 e. The number of unbranched alkanes of at least 4 members (excludes halogenated alkanes) is 1. The van der Waals surface area contributed by atoms with E-state index in [-0.39, 0.29) is 6.10 Å². The second-order valence-electron chi connectivity index (χ2n) is 6.69. The summed E-state index contributed by atoms with van der Waals surface area (Å²) in [4.78, 5) is 4.83. The molecule has 0 N–H and O–H groups in total. The Bertz CT molecular complexity index is 879. The van der Waals surface area contributed by atoms with Gasteiger partial charge in [-0.1, -0.05) is 31.5 Å². The minimum atomic E-state index is -0.00167. The van der Waals surface area contributed by atoms with Crippen molar-refractivity contribution < 1.29 is 9.47 Å². The molecule has 1 saturated heterocycles. The van der Waals surface area contributed by atoms with Crippen LogP contribution in [0.4, 0.5) is 0 Å². The lowest BCUT2D eigenvalue weighted by molar-refractivity contribution is -0.0945. The Hall–Kier alpha value is -2.25. The summed E-state index contributed by atoms with van der Waals surface area (Å²) in [6.07, 6.45) is 3.08. The quantitative estimate of drug-likeness (QED) is 0.680. The van der Waals surface area contributed by atoms with E-state index >= 15 is 0 Å². The lowest BCUT2D eigenvalue weighted by Gasteiger charge is -2.23.